The molecular formula is C8H7BrN4. The average molecular weight is 246 g/mol. The molecule has 0 N–H and O–H groups in total. The molecule has 0 aromatic carbocycles. The first-order valence-electron chi connectivity index (χ1n) is 6.70. The van der Waals surface area contributed by atoms with Gasteiger partial charge in [-0.25, -0.2) is 9.67 Å². The molecule has 0 fully saturated rings. The molecule has 0 unspecified atom stereocenters. The predicted molar refractivity (Wildman–Crippen MR) is 51.6 cm³/mol. The van der Waals surface area contributed by atoms with Crippen molar-refractivity contribution in [3.05, 3.63) is 34.9 Å². The maximum atomic E-state index is 7.67. The highest BCUT2D eigenvalue weighted by atomic mass is 79.9. The summed E-state index contributed by atoms with van der Waals surface area (Å²) in [6.45, 7) is -2.65. The van der Waals surface area contributed by atoms with Crippen molar-refractivity contribution < 1.29 is 9.60 Å². The number of nitrogens with zero attached hydrogens (tertiary/aromatic N) is 4. The SMILES string of the molecule is [2H]c1nc(C([2H])([2H])[2H])c([2H])nc1-n1nc(Br)c([2H])c1[2H]. The lowest BCUT2D eigenvalue weighted by Crippen LogP contribution is -1.99. The van der Waals surface area contributed by atoms with Gasteiger partial charge in [-0.1, -0.05) is 0 Å². The van der Waals surface area contributed by atoms with Gasteiger partial charge in [-0.2, -0.15) is 5.10 Å². The van der Waals surface area contributed by atoms with Gasteiger partial charge in [0.15, 0.2) is 5.82 Å². The number of hydrogen-bond donors (Lipinski definition) is 0. The second kappa shape index (κ2) is 3.26. The van der Waals surface area contributed by atoms with E-state index in [1.165, 1.54) is 0 Å². The second-order valence-electron chi connectivity index (χ2n) is 2.06. The summed E-state index contributed by atoms with van der Waals surface area (Å²) in [4.78, 5) is 7.19. The zero-order chi connectivity index (χ0) is 15.2. The van der Waals surface area contributed by atoms with E-state index >= 15 is 0 Å². The van der Waals surface area contributed by atoms with Gasteiger partial charge in [0.25, 0.3) is 0 Å². The van der Waals surface area contributed by atoms with E-state index in [0.29, 0.717) is 0 Å². The number of rotatable bonds is 1. The quantitative estimate of drug-likeness (QED) is 0.769. The predicted octanol–water partition coefficient (Wildman–Crippen LogP) is 1.73. The largest absolute Gasteiger partial charge is 0.256 e. The summed E-state index contributed by atoms with van der Waals surface area (Å²) >= 11 is 2.97. The fraction of sp³-hybridized carbons (Fsp3) is 0.125. The molecule has 0 saturated carbocycles. The summed E-state index contributed by atoms with van der Waals surface area (Å²) in [5.41, 5.74) is -0.588. The van der Waals surface area contributed by atoms with Crippen molar-refractivity contribution in [1.82, 2.24) is 19.7 Å². The van der Waals surface area contributed by atoms with E-state index in [2.05, 4.69) is 31.0 Å². The van der Waals surface area contributed by atoms with Gasteiger partial charge in [0, 0.05) is 10.3 Å². The van der Waals surface area contributed by atoms with Crippen molar-refractivity contribution in [2.45, 2.75) is 6.85 Å². The Morgan fingerprint density at radius 1 is 1.54 bits per heavy atom. The molecule has 13 heavy (non-hydrogen) atoms. The molecule has 2 rings (SSSR count). The Kier molecular flexibility index (Phi) is 0.875. The van der Waals surface area contributed by atoms with Crippen LogP contribution in [-0.2, 0) is 0 Å². The van der Waals surface area contributed by atoms with Crippen LogP contribution >= 0.6 is 15.9 Å². The molecule has 5 heteroatoms. The van der Waals surface area contributed by atoms with Crippen molar-refractivity contribution in [2.24, 2.45) is 0 Å². The minimum absolute atomic E-state index is 0.0788. The number of hydrogen-bond acceptors (Lipinski definition) is 3. The molecule has 66 valence electrons. The molecule has 4 nitrogen and oxygen atoms in total. The molecule has 0 saturated heterocycles. The highest BCUT2D eigenvalue weighted by Gasteiger charge is 1.99. The average Bonchev–Trinajstić information content (AvgIpc) is 2.58. The van der Waals surface area contributed by atoms with Gasteiger partial charge in [0.05, 0.1) is 23.5 Å². The first-order chi connectivity index (χ1) is 9.12. The smallest absolute Gasteiger partial charge is 0.171 e. The van der Waals surface area contributed by atoms with Crippen LogP contribution in [0.5, 0.6) is 0 Å². The molecule has 0 aliphatic heterocycles. The standard InChI is InChI=1S/C8H7BrN4/c1-6-4-11-8(5-10-6)13-3-2-7(9)12-13/h2-5H,1H3/i1D3,2D,3D,4D,5D. The van der Waals surface area contributed by atoms with E-state index in [-0.39, 0.29) is 22.6 Å². The van der Waals surface area contributed by atoms with Crippen LogP contribution in [0.3, 0.4) is 0 Å². The Bertz CT molecular complexity index is 680. The molecule has 0 amide bonds. The van der Waals surface area contributed by atoms with Crippen LogP contribution in [0.25, 0.3) is 5.82 Å². The van der Waals surface area contributed by atoms with Crippen molar-refractivity contribution in [1.29, 1.82) is 0 Å². The summed E-state index contributed by atoms with van der Waals surface area (Å²) in [6, 6.07) is -0.211. The van der Waals surface area contributed by atoms with Crippen molar-refractivity contribution in [3.63, 3.8) is 0 Å². The Morgan fingerprint density at radius 2 is 2.46 bits per heavy atom. The zero-order valence-electron chi connectivity index (χ0n) is 13.2. The molecule has 0 aliphatic carbocycles. The highest BCUT2D eigenvalue weighted by Crippen LogP contribution is 2.07. The number of halogens is 1. The van der Waals surface area contributed by atoms with E-state index in [4.69, 9.17) is 9.60 Å². The lowest BCUT2D eigenvalue weighted by molar-refractivity contribution is 0.826. The number of aromatic nitrogens is 4. The maximum absolute atomic E-state index is 7.67. The van der Waals surface area contributed by atoms with Gasteiger partial charge in [-0.05, 0) is 28.8 Å². The van der Waals surface area contributed by atoms with Crippen LogP contribution in [0.4, 0.5) is 0 Å². The lowest BCUT2D eigenvalue weighted by atomic mass is 10.5. The first kappa shape index (κ1) is 3.49. The molecule has 2 aromatic heterocycles. The van der Waals surface area contributed by atoms with E-state index < -0.39 is 24.9 Å². The Labute approximate surface area is 93.6 Å². The van der Waals surface area contributed by atoms with E-state index in [1.807, 2.05) is 0 Å². The Hall–Kier alpha value is -1.23. The molecule has 0 aliphatic rings. The van der Waals surface area contributed by atoms with Crippen molar-refractivity contribution in [2.75, 3.05) is 0 Å². The van der Waals surface area contributed by atoms with Crippen LogP contribution < -0.4 is 0 Å². The monoisotopic (exact) mass is 245 g/mol. The summed E-state index contributed by atoms with van der Waals surface area (Å²) in [7, 11) is 0. The third kappa shape index (κ3) is 1.75. The maximum Gasteiger partial charge on any atom is 0.171 e. The van der Waals surface area contributed by atoms with Gasteiger partial charge in [0.1, 0.15) is 4.60 Å². The third-order valence-electron chi connectivity index (χ3n) is 1.19. The normalized spacial score (nSPS) is 19.0. The topological polar surface area (TPSA) is 43.6 Å². The number of aryl methyl sites for hydroxylation is 1. The van der Waals surface area contributed by atoms with Crippen LogP contribution in [0.1, 0.15) is 15.3 Å². The molecular weight excluding hydrogens is 232 g/mol. The first-order valence-corrected chi connectivity index (χ1v) is 4.00. The fourth-order valence-electron chi connectivity index (χ4n) is 0.694. The van der Waals surface area contributed by atoms with Gasteiger partial charge >= 0.3 is 0 Å². The van der Waals surface area contributed by atoms with Gasteiger partial charge < -0.3 is 0 Å². The minimum Gasteiger partial charge on any atom is -0.256 e. The molecule has 2 heterocycles. The summed E-state index contributed by atoms with van der Waals surface area (Å²) < 4.78 is 52.9. The van der Waals surface area contributed by atoms with Crippen LogP contribution in [0.2, 0.25) is 0 Å². The highest BCUT2D eigenvalue weighted by molar-refractivity contribution is 9.10. The summed E-state index contributed by atoms with van der Waals surface area (Å²) in [5, 5.41) is 3.79. The van der Waals surface area contributed by atoms with Crippen LogP contribution in [-0.4, -0.2) is 19.7 Å². The molecule has 0 atom stereocenters. The van der Waals surface area contributed by atoms with Crippen LogP contribution in [0.15, 0.2) is 29.2 Å². The van der Waals surface area contributed by atoms with Crippen molar-refractivity contribution >= 4 is 15.9 Å². The van der Waals surface area contributed by atoms with Gasteiger partial charge in [0.2, 0.25) is 0 Å². The lowest BCUT2D eigenvalue weighted by Gasteiger charge is -1.98. The van der Waals surface area contributed by atoms with Gasteiger partial charge in [-0.3, -0.25) is 4.98 Å². The zero-order valence-corrected chi connectivity index (χ0v) is 7.75. The van der Waals surface area contributed by atoms with E-state index in [9.17, 15) is 0 Å². The fourth-order valence-corrected chi connectivity index (χ4v) is 0.941. The Morgan fingerprint density at radius 3 is 3.15 bits per heavy atom. The minimum atomic E-state index is -2.65. The summed E-state index contributed by atoms with van der Waals surface area (Å²) in [5.74, 6) is -0.271. The molecule has 2 aromatic rings. The van der Waals surface area contributed by atoms with E-state index in [0.717, 1.165) is 4.68 Å². The summed E-state index contributed by atoms with van der Waals surface area (Å²) in [6.07, 6.45) is -1.50. The van der Waals surface area contributed by atoms with E-state index in [1.54, 1.807) is 0 Å². The molecule has 0 spiro atoms. The van der Waals surface area contributed by atoms with Crippen molar-refractivity contribution in [3.8, 4) is 5.82 Å². The van der Waals surface area contributed by atoms with Crippen LogP contribution in [0, 0.1) is 6.85 Å². The van der Waals surface area contributed by atoms with Gasteiger partial charge in [-0.15, -0.1) is 0 Å². The second-order valence-corrected chi connectivity index (χ2v) is 2.81. The molecule has 0 radical (unpaired) electrons. The third-order valence-corrected chi connectivity index (χ3v) is 1.55. The Balaban J connectivity index is 2.65. The molecule has 0 bridgehead atoms.